The van der Waals surface area contributed by atoms with Crippen molar-refractivity contribution in [3.63, 3.8) is 0 Å². The molecular formula is C34H21F3N4O5. The van der Waals surface area contributed by atoms with Crippen LogP contribution in [0.1, 0.15) is 26.4 Å². The first-order chi connectivity index (χ1) is 22.1. The van der Waals surface area contributed by atoms with Crippen LogP contribution in [0, 0.1) is 0 Å². The maximum atomic E-state index is 14.1. The van der Waals surface area contributed by atoms with Crippen LogP contribution in [0.4, 0.5) is 30.4 Å². The minimum absolute atomic E-state index is 0.00837. The van der Waals surface area contributed by atoms with Crippen LogP contribution in [-0.4, -0.2) is 37.1 Å². The molecule has 0 aliphatic carbocycles. The summed E-state index contributed by atoms with van der Waals surface area (Å²) in [5.41, 5.74) is -0.735. The van der Waals surface area contributed by atoms with E-state index in [1.165, 1.54) is 30.5 Å². The lowest BCUT2D eigenvalue weighted by molar-refractivity contribution is -0.141. The molecule has 2 aromatic carbocycles. The molecule has 46 heavy (non-hydrogen) atoms. The molecule has 0 saturated carbocycles. The van der Waals surface area contributed by atoms with Gasteiger partial charge >= 0.3 is 18.1 Å². The summed E-state index contributed by atoms with van der Waals surface area (Å²) >= 11 is 0. The Kier molecular flexibility index (Phi) is 7.76. The lowest BCUT2D eigenvalue weighted by Crippen LogP contribution is -2.10. The van der Waals surface area contributed by atoms with Crippen LogP contribution in [0.2, 0.25) is 0 Å². The lowest BCUT2D eigenvalue weighted by Gasteiger charge is -2.22. The number of pyridine rings is 3. The largest absolute Gasteiger partial charge is 0.478 e. The highest BCUT2D eigenvalue weighted by Crippen LogP contribution is 2.39. The van der Waals surface area contributed by atoms with E-state index >= 15 is 0 Å². The predicted molar refractivity (Wildman–Crippen MR) is 162 cm³/mol. The van der Waals surface area contributed by atoms with Gasteiger partial charge in [0.25, 0.3) is 0 Å². The number of hydrogen-bond acceptors (Lipinski definition) is 7. The highest BCUT2D eigenvalue weighted by atomic mass is 19.4. The molecule has 0 spiro atoms. The van der Waals surface area contributed by atoms with E-state index in [0.717, 1.165) is 29.6 Å². The van der Waals surface area contributed by atoms with Gasteiger partial charge < -0.3 is 14.6 Å². The zero-order chi connectivity index (χ0) is 32.4. The van der Waals surface area contributed by atoms with Crippen molar-refractivity contribution < 1.29 is 37.4 Å². The summed E-state index contributed by atoms with van der Waals surface area (Å²) < 4.78 is 48.6. The zero-order valence-corrected chi connectivity index (χ0v) is 23.5. The number of para-hydroxylation sites is 2. The third kappa shape index (κ3) is 6.17. The first kappa shape index (κ1) is 29.8. The number of halogens is 3. The number of benzene rings is 2. The molecule has 0 unspecified atom stereocenters. The van der Waals surface area contributed by atoms with Crippen LogP contribution in [0.25, 0.3) is 34.1 Å². The van der Waals surface area contributed by atoms with Gasteiger partial charge in [-0.1, -0.05) is 36.4 Å². The van der Waals surface area contributed by atoms with Crippen LogP contribution in [-0.2, 0) is 6.18 Å². The molecule has 9 nitrogen and oxygen atoms in total. The van der Waals surface area contributed by atoms with Gasteiger partial charge in [-0.3, -0.25) is 9.88 Å². The van der Waals surface area contributed by atoms with E-state index in [4.69, 9.17) is 4.42 Å². The first-order valence-corrected chi connectivity index (χ1v) is 13.6. The second-order valence-corrected chi connectivity index (χ2v) is 9.93. The van der Waals surface area contributed by atoms with Crippen LogP contribution < -0.4 is 4.90 Å². The standard InChI is InChI=1S/C34H21F3N4O5/c35-34(36,37)30-19-21(29-11-12-31(46-29)41(23-7-3-1-4-8-23)24-9-5-2-6-10-24)16-28(40-30)27-18-22(33(44)45)17-26(39-27)25-15-20(32(42)43)13-14-38-25/h1-19H,(H,42,43)(H,44,45). The normalized spacial score (nSPS) is 11.3. The van der Waals surface area contributed by atoms with Gasteiger partial charge in [-0.25, -0.2) is 19.6 Å². The second-order valence-electron chi connectivity index (χ2n) is 9.93. The fourth-order valence-corrected chi connectivity index (χ4v) is 4.73. The monoisotopic (exact) mass is 622 g/mol. The fourth-order valence-electron chi connectivity index (χ4n) is 4.73. The third-order valence-electron chi connectivity index (χ3n) is 6.85. The number of anilines is 3. The van der Waals surface area contributed by atoms with Crippen molar-refractivity contribution in [2.24, 2.45) is 0 Å². The van der Waals surface area contributed by atoms with E-state index in [2.05, 4.69) is 15.0 Å². The summed E-state index contributed by atoms with van der Waals surface area (Å²) in [6.07, 6.45) is -3.66. The molecule has 228 valence electrons. The Labute approximate surface area is 258 Å². The molecular weight excluding hydrogens is 601 g/mol. The van der Waals surface area contributed by atoms with E-state index < -0.39 is 23.8 Å². The smallest absolute Gasteiger partial charge is 0.433 e. The van der Waals surface area contributed by atoms with E-state index in [9.17, 15) is 33.0 Å². The zero-order valence-electron chi connectivity index (χ0n) is 23.5. The molecule has 2 N–H and O–H groups in total. The van der Waals surface area contributed by atoms with E-state index in [0.29, 0.717) is 5.88 Å². The Morgan fingerprint density at radius 3 is 1.80 bits per heavy atom. The third-order valence-corrected chi connectivity index (χ3v) is 6.85. The molecule has 6 rings (SSSR count). The average Bonchev–Trinajstić information content (AvgIpc) is 3.55. The molecule has 0 fully saturated rings. The molecule has 0 atom stereocenters. The number of nitrogens with zero attached hydrogens (tertiary/aromatic N) is 4. The molecule has 12 heteroatoms. The van der Waals surface area contributed by atoms with Gasteiger partial charge in [0.1, 0.15) is 11.5 Å². The molecule has 0 amide bonds. The van der Waals surface area contributed by atoms with Gasteiger partial charge in [-0.2, -0.15) is 13.2 Å². The molecule has 6 aromatic rings. The number of aromatic nitrogens is 3. The van der Waals surface area contributed by atoms with Crippen molar-refractivity contribution >= 4 is 29.2 Å². The van der Waals surface area contributed by atoms with Gasteiger partial charge in [0, 0.05) is 29.2 Å². The molecule has 4 aromatic heterocycles. The summed E-state index contributed by atoms with van der Waals surface area (Å²) in [5, 5.41) is 19.1. The summed E-state index contributed by atoms with van der Waals surface area (Å²) in [5.74, 6) is -2.22. The second kappa shape index (κ2) is 12.0. The van der Waals surface area contributed by atoms with Crippen LogP contribution in [0.15, 0.2) is 120 Å². The fraction of sp³-hybridized carbons (Fsp3) is 0.0294. The molecule has 0 bridgehead atoms. The minimum atomic E-state index is -4.87. The molecule has 0 saturated heterocycles. The number of alkyl halides is 3. The van der Waals surface area contributed by atoms with Crippen molar-refractivity contribution in [1.29, 1.82) is 0 Å². The summed E-state index contributed by atoms with van der Waals surface area (Å²) in [4.78, 5) is 37.5. The van der Waals surface area contributed by atoms with Crippen molar-refractivity contribution in [1.82, 2.24) is 15.0 Å². The minimum Gasteiger partial charge on any atom is -0.478 e. The quantitative estimate of drug-likeness (QED) is 0.172. The van der Waals surface area contributed by atoms with Crippen LogP contribution in [0.3, 0.4) is 0 Å². The van der Waals surface area contributed by atoms with Gasteiger partial charge in [-0.15, -0.1) is 0 Å². The molecule has 0 radical (unpaired) electrons. The van der Waals surface area contributed by atoms with Crippen molar-refractivity contribution in [3.05, 3.63) is 132 Å². The Morgan fingerprint density at radius 2 is 1.22 bits per heavy atom. The van der Waals surface area contributed by atoms with Gasteiger partial charge in [0.05, 0.1) is 33.9 Å². The number of furan rings is 1. The number of carbonyl (C=O) groups is 2. The number of rotatable bonds is 8. The molecule has 0 aliphatic rings. The van der Waals surface area contributed by atoms with Gasteiger partial charge in [-0.05, 0) is 66.7 Å². The van der Waals surface area contributed by atoms with Gasteiger partial charge in [0.15, 0.2) is 0 Å². The lowest BCUT2D eigenvalue weighted by atomic mass is 10.1. The average molecular weight is 623 g/mol. The Morgan fingerprint density at radius 1 is 0.652 bits per heavy atom. The summed E-state index contributed by atoms with van der Waals surface area (Å²) in [6.45, 7) is 0. The number of carboxylic acids is 2. The van der Waals surface area contributed by atoms with Crippen molar-refractivity contribution in [2.45, 2.75) is 6.18 Å². The predicted octanol–water partition coefficient (Wildman–Crippen LogP) is 8.35. The first-order valence-electron chi connectivity index (χ1n) is 13.6. The van der Waals surface area contributed by atoms with Gasteiger partial charge in [0.2, 0.25) is 5.88 Å². The SMILES string of the molecule is O=C(O)c1ccnc(-c2cc(C(=O)O)cc(-c3cc(-c4ccc(N(c5ccccc5)c5ccccc5)o4)cc(C(F)(F)F)n3)n2)c1. The van der Waals surface area contributed by atoms with Crippen molar-refractivity contribution in [2.75, 3.05) is 4.90 Å². The van der Waals surface area contributed by atoms with E-state index in [1.54, 1.807) is 11.0 Å². The highest BCUT2D eigenvalue weighted by molar-refractivity contribution is 5.91. The van der Waals surface area contributed by atoms with E-state index in [1.807, 2.05) is 60.7 Å². The number of aromatic carboxylic acids is 2. The summed E-state index contributed by atoms with van der Waals surface area (Å²) in [6, 6.07) is 28.5. The van der Waals surface area contributed by atoms with Crippen molar-refractivity contribution in [3.8, 4) is 34.1 Å². The number of carboxylic acid groups (broad SMARTS) is 2. The van der Waals surface area contributed by atoms with E-state index in [-0.39, 0.29) is 45.2 Å². The number of hydrogen-bond donors (Lipinski definition) is 2. The Hall–Kier alpha value is -6.30. The van der Waals surface area contributed by atoms with Crippen LogP contribution in [0.5, 0.6) is 0 Å². The molecule has 0 aliphatic heterocycles. The Balaban J connectivity index is 1.49. The maximum absolute atomic E-state index is 14.1. The Bertz CT molecular complexity index is 2030. The summed E-state index contributed by atoms with van der Waals surface area (Å²) in [7, 11) is 0. The maximum Gasteiger partial charge on any atom is 0.433 e. The molecule has 4 heterocycles. The highest BCUT2D eigenvalue weighted by Gasteiger charge is 2.34. The van der Waals surface area contributed by atoms with Crippen LogP contribution >= 0.6 is 0 Å². The topological polar surface area (TPSA) is 130 Å².